The van der Waals surface area contributed by atoms with Gasteiger partial charge in [-0.1, -0.05) is 186 Å². The fourth-order valence-corrected chi connectivity index (χ4v) is 7.08. The topological polar surface area (TPSA) is 352 Å². The second-order valence-electron chi connectivity index (χ2n) is 15.6. The largest absolute Gasteiger partial charge is 1.00 e. The number of nitrogens with one attached hydrogen (secondary N) is 1. The molecule has 21 nitrogen and oxygen atoms in total. The van der Waals surface area contributed by atoms with Crippen LogP contribution in [0.4, 0.5) is 11.9 Å². The summed E-state index contributed by atoms with van der Waals surface area (Å²) in [6.07, 6.45) is 2.88. The zero-order valence-corrected chi connectivity index (χ0v) is 58.3. The van der Waals surface area contributed by atoms with Gasteiger partial charge in [-0.05, 0) is 87.0 Å². The van der Waals surface area contributed by atoms with Crippen molar-refractivity contribution in [2.45, 2.75) is 41.7 Å². The number of halogens is 8. The van der Waals surface area contributed by atoms with E-state index in [2.05, 4.69) is 128 Å². The van der Waals surface area contributed by atoms with Gasteiger partial charge in [-0.15, -0.1) is 24.0 Å². The molecular formula is C57H63BCl6I2N13NaO8PS. The molecule has 475 valence electrons. The molecule has 0 bridgehead atoms. The molecule has 5 heterocycles. The second kappa shape index (κ2) is 50.1. The Morgan fingerprint density at radius 3 is 1.24 bits per heavy atom. The monoisotopic (exact) mass is 1620 g/mol. The van der Waals surface area contributed by atoms with E-state index in [0.29, 0.717) is 28.9 Å². The number of aliphatic hydroxyl groups is 1. The van der Waals surface area contributed by atoms with E-state index in [0.717, 1.165) is 42.9 Å². The molecule has 10 N–H and O–H groups in total. The molecule has 1 amide bonds. The average Bonchev–Trinajstić information content (AvgIpc) is 2.85. The van der Waals surface area contributed by atoms with Crippen LogP contribution in [-0.2, 0) is 18.6 Å². The Hall–Kier alpha value is -5.50. The van der Waals surface area contributed by atoms with Crippen molar-refractivity contribution in [1.29, 1.82) is 0 Å². The van der Waals surface area contributed by atoms with Gasteiger partial charge in [-0.25, -0.2) is 58.7 Å². The average molecular weight is 1620 g/mol. The van der Waals surface area contributed by atoms with E-state index < -0.39 is 26.4 Å². The summed E-state index contributed by atoms with van der Waals surface area (Å²) in [6, 6.07) is 54.4. The number of carboxylic acid groups (broad SMARTS) is 2. The summed E-state index contributed by atoms with van der Waals surface area (Å²) in [5, 5.41) is 24.7. The van der Waals surface area contributed by atoms with Crippen LogP contribution in [-0.4, -0.2) is 98.2 Å². The molecule has 3 radical (unpaired) electrons. The van der Waals surface area contributed by atoms with Crippen molar-refractivity contribution in [2.75, 3.05) is 18.1 Å². The first-order valence-electron chi connectivity index (χ1n) is 23.6. The van der Waals surface area contributed by atoms with Crippen molar-refractivity contribution in [3.8, 4) is 45.0 Å². The molecule has 1 atom stereocenters. The van der Waals surface area contributed by atoms with Gasteiger partial charge in [0.2, 0.25) is 27.0 Å². The van der Waals surface area contributed by atoms with Crippen LogP contribution < -0.4 is 52.1 Å². The number of nitrogens with zero attached hydrogens (tertiary/aromatic N) is 9. The number of hydrogen-bond acceptors (Lipinski definition) is 18. The molecule has 0 saturated carbocycles. The molecule has 4 aromatic heterocycles. The van der Waals surface area contributed by atoms with Crippen LogP contribution in [0.15, 0.2) is 194 Å². The summed E-state index contributed by atoms with van der Waals surface area (Å²) >= 11 is 21.7. The third-order valence-corrected chi connectivity index (χ3v) is 10.3. The van der Waals surface area contributed by atoms with Gasteiger partial charge in [-0.3, -0.25) is 14.7 Å². The van der Waals surface area contributed by atoms with Crippen LogP contribution in [0.3, 0.4) is 0 Å². The van der Waals surface area contributed by atoms with Crippen molar-refractivity contribution >= 4 is 172 Å². The first-order chi connectivity index (χ1) is 40.0. The molecule has 0 saturated heterocycles. The number of carbonyl (C=O) groups is 3. The maximum absolute atomic E-state index is 11.2. The molecule has 33 heteroatoms. The Morgan fingerprint density at radius 1 is 0.622 bits per heavy atom. The van der Waals surface area contributed by atoms with Gasteiger partial charge in [0.05, 0.1) is 35.2 Å². The van der Waals surface area contributed by atoms with Crippen molar-refractivity contribution in [1.82, 2.24) is 45.2 Å². The van der Waals surface area contributed by atoms with Gasteiger partial charge in [-0.2, -0.15) is 0 Å². The first kappa shape index (κ1) is 90.9. The van der Waals surface area contributed by atoms with E-state index >= 15 is 0 Å². The van der Waals surface area contributed by atoms with E-state index in [1.807, 2.05) is 158 Å². The number of benzene rings is 5. The van der Waals surface area contributed by atoms with Gasteiger partial charge in [0.1, 0.15) is 21.5 Å². The molecule has 5 aromatic carbocycles. The van der Waals surface area contributed by atoms with Gasteiger partial charge in [0, 0.05) is 64.7 Å². The molecule has 1 aliphatic heterocycles. The molecular weight excluding hydrogens is 1560 g/mol. The van der Waals surface area contributed by atoms with Crippen LogP contribution in [0.5, 0.6) is 0 Å². The standard InChI is InChI=1S/2C11H8N2O2.C10H8ClN3.C10H8IN3.C10H11N3O.C2H6O.3CH4.B.Cl3OP.Cl2OS.HI.Na.H/c2*14-11(15)10-6-9(12-7-13-10)8-4-2-1-3-5-8;2*11-9-6-8(13-10(12)14-9)7-4-2-1-3-5-7;11-10-12-8(6-9(14)13-10)7-4-2-1-3-5-7;1-2-3;;;;;1-5(2,3)4;1-4(2)3;;;/h2*1-7H,(H,14,15);2*1-6H,(H2,12,13,14);1-5,8H,6H2,(H3,11,12,13,14);3H,2H2,1H3;3*1H4;;;;1H;;/q;;;;;;;;;;;;;+1;-1. The van der Waals surface area contributed by atoms with Crippen molar-refractivity contribution in [3.05, 3.63) is 214 Å². The van der Waals surface area contributed by atoms with Crippen LogP contribution in [0.1, 0.15) is 69.6 Å². The Balaban J connectivity index is -0.000000318. The van der Waals surface area contributed by atoms with Gasteiger partial charge >= 0.3 is 46.7 Å². The van der Waals surface area contributed by atoms with Crippen molar-refractivity contribution in [2.24, 2.45) is 10.7 Å². The summed E-state index contributed by atoms with van der Waals surface area (Å²) in [5.74, 6) is -1.46. The molecule has 9 aromatic rings. The Morgan fingerprint density at radius 2 is 0.933 bits per heavy atom. The fourth-order valence-electron chi connectivity index (χ4n) is 6.35. The molecule has 0 spiro atoms. The summed E-state index contributed by atoms with van der Waals surface area (Å²) in [6.45, 7) is 1.93. The second-order valence-corrected chi connectivity index (χ2v) is 26.3. The summed E-state index contributed by atoms with van der Waals surface area (Å²) in [7, 11) is 7.36. The van der Waals surface area contributed by atoms with E-state index in [-0.39, 0.29) is 128 Å². The molecule has 0 fully saturated rings. The van der Waals surface area contributed by atoms with Crippen LogP contribution >= 0.6 is 118 Å². The van der Waals surface area contributed by atoms with Crippen molar-refractivity contribution < 1.29 is 69.5 Å². The van der Waals surface area contributed by atoms with Gasteiger partial charge in [0.15, 0.2) is 17.3 Å². The zero-order chi connectivity index (χ0) is 62.0. The number of aromatic carboxylic acids is 2. The smallest absolute Gasteiger partial charge is 1.00 e. The predicted molar refractivity (Wildman–Crippen MR) is 384 cm³/mol. The van der Waals surface area contributed by atoms with Crippen LogP contribution in [0.2, 0.25) is 5.15 Å². The number of guanidine groups is 1. The van der Waals surface area contributed by atoms with E-state index in [1.54, 1.807) is 13.0 Å². The Bertz CT molecular complexity index is 3390. The summed E-state index contributed by atoms with van der Waals surface area (Å²) in [4.78, 5) is 68.1. The third kappa shape index (κ3) is 39.0. The minimum Gasteiger partial charge on any atom is -1.00 e. The number of nitrogen functional groups attached to an aromatic ring is 2. The third-order valence-electron chi connectivity index (χ3n) is 9.60. The summed E-state index contributed by atoms with van der Waals surface area (Å²) in [5.41, 5.74) is 24.2. The van der Waals surface area contributed by atoms with Gasteiger partial charge in [0.25, 0.3) is 0 Å². The number of rotatable bonds is 7. The Kier molecular flexibility index (Phi) is 50.6. The minimum absolute atomic E-state index is 0. The minimum atomic E-state index is -3.22. The quantitative estimate of drug-likeness (QED) is 0.0256. The molecule has 10 rings (SSSR count). The normalized spacial score (nSPS) is 11.0. The molecule has 90 heavy (non-hydrogen) atoms. The van der Waals surface area contributed by atoms with E-state index in [9.17, 15) is 18.9 Å². The number of nitrogens with two attached hydrogens (primary N) is 3. The maximum Gasteiger partial charge on any atom is 1.00 e. The fraction of sp³-hybridized carbons (Fsp3) is 0.123. The Labute approximate surface area is 610 Å². The maximum atomic E-state index is 11.2. The van der Waals surface area contributed by atoms with Crippen LogP contribution in [0.25, 0.3) is 45.0 Å². The molecule has 1 aliphatic rings. The number of hydrogen-bond donors (Lipinski definition) is 7. The van der Waals surface area contributed by atoms with Gasteiger partial charge < -0.3 is 33.9 Å². The molecule has 0 aliphatic carbocycles. The zero-order valence-electron chi connectivity index (χ0n) is 46.5. The first-order valence-corrected chi connectivity index (χ1v) is 32.3. The summed E-state index contributed by atoms with van der Waals surface area (Å²) < 4.78 is 19.5. The number of amides is 1. The van der Waals surface area contributed by atoms with E-state index in [1.165, 1.54) is 24.8 Å². The predicted octanol–water partition coefficient (Wildman–Crippen LogP) is 12.1. The van der Waals surface area contributed by atoms with E-state index in [4.69, 9.17) is 48.3 Å². The number of carboxylic acids is 2. The van der Waals surface area contributed by atoms with Crippen LogP contribution in [0, 0.1) is 3.70 Å². The SMILES string of the molecule is C.C.C.CCO.I.NC1=NC(c2ccccc2)CC(=O)N1.Nc1nc(Cl)cc(-c2ccccc2)n1.Nc1nc(I)cc(-c2ccccc2)n1.O=C(O)c1cc(-c2ccccc2)ncn1.O=C(O)c1cc(-c2ccccc2)ncn1.O=P(Cl)(Cl)Cl.O=S(Cl)Cl.[B].[H-].[Na+]. The number of aliphatic hydroxyl groups excluding tert-OH is 1. The number of aromatic nitrogens is 8. The number of anilines is 2. The number of carbonyl (C=O) groups excluding carboxylic acids is 1. The molecule has 1 unspecified atom stereocenters. The number of aliphatic imine (C=N–C) groups is 1. The van der Waals surface area contributed by atoms with Crippen molar-refractivity contribution in [3.63, 3.8) is 0 Å².